The third-order valence-corrected chi connectivity index (χ3v) is 3.31. The molecule has 1 aromatic heterocycles. The van der Waals surface area contributed by atoms with Crippen LogP contribution in [0.1, 0.15) is 25.3 Å². The maximum Gasteiger partial charge on any atom is 0.140 e. The van der Waals surface area contributed by atoms with E-state index in [1.807, 2.05) is 12.3 Å². The van der Waals surface area contributed by atoms with Crippen LogP contribution in [0, 0.1) is 6.92 Å². The highest BCUT2D eigenvalue weighted by Crippen LogP contribution is 2.24. The maximum absolute atomic E-state index is 5.47. The SMILES string of the molecule is Cc1ccnc(NC(C)CCCN)c1Br. The molecule has 1 heterocycles. The smallest absolute Gasteiger partial charge is 0.140 e. The average molecular weight is 272 g/mol. The summed E-state index contributed by atoms with van der Waals surface area (Å²) in [5, 5.41) is 3.37. The lowest BCUT2D eigenvalue weighted by atomic mass is 10.2. The molecule has 3 nitrogen and oxygen atoms in total. The lowest BCUT2D eigenvalue weighted by Crippen LogP contribution is -2.17. The molecule has 15 heavy (non-hydrogen) atoms. The molecule has 84 valence electrons. The highest BCUT2D eigenvalue weighted by molar-refractivity contribution is 9.10. The second kappa shape index (κ2) is 6.08. The Hall–Kier alpha value is -0.610. The Morgan fingerprint density at radius 3 is 3.00 bits per heavy atom. The summed E-state index contributed by atoms with van der Waals surface area (Å²) in [4.78, 5) is 4.30. The minimum atomic E-state index is 0.402. The van der Waals surface area contributed by atoms with Crippen LogP contribution in [0.2, 0.25) is 0 Å². The first kappa shape index (κ1) is 12.5. The van der Waals surface area contributed by atoms with Crippen molar-refractivity contribution in [1.82, 2.24) is 4.98 Å². The average Bonchev–Trinajstić information content (AvgIpc) is 2.22. The highest BCUT2D eigenvalue weighted by Gasteiger charge is 2.07. The zero-order valence-electron chi connectivity index (χ0n) is 9.26. The van der Waals surface area contributed by atoms with Crippen LogP contribution in [0.25, 0.3) is 0 Å². The first-order chi connectivity index (χ1) is 7.15. The van der Waals surface area contributed by atoms with E-state index < -0.39 is 0 Å². The van der Waals surface area contributed by atoms with Gasteiger partial charge in [-0.3, -0.25) is 0 Å². The fraction of sp³-hybridized carbons (Fsp3) is 0.545. The van der Waals surface area contributed by atoms with Crippen LogP contribution in [-0.4, -0.2) is 17.6 Å². The van der Waals surface area contributed by atoms with Crippen molar-refractivity contribution in [2.45, 2.75) is 32.7 Å². The van der Waals surface area contributed by atoms with E-state index in [0.717, 1.165) is 29.7 Å². The Labute approximate surface area is 99.6 Å². The van der Waals surface area contributed by atoms with Crippen molar-refractivity contribution >= 4 is 21.7 Å². The number of hydrogen-bond acceptors (Lipinski definition) is 3. The zero-order valence-corrected chi connectivity index (χ0v) is 10.8. The van der Waals surface area contributed by atoms with Crippen molar-refractivity contribution in [3.8, 4) is 0 Å². The number of aryl methyl sites for hydroxylation is 1. The van der Waals surface area contributed by atoms with E-state index >= 15 is 0 Å². The van der Waals surface area contributed by atoms with E-state index in [0.29, 0.717) is 6.04 Å². The molecule has 0 bridgehead atoms. The van der Waals surface area contributed by atoms with E-state index in [4.69, 9.17) is 5.73 Å². The van der Waals surface area contributed by atoms with E-state index in [-0.39, 0.29) is 0 Å². The molecule has 1 aromatic rings. The summed E-state index contributed by atoms with van der Waals surface area (Å²) in [5.74, 6) is 0.916. The van der Waals surface area contributed by atoms with E-state index in [1.165, 1.54) is 5.56 Å². The molecule has 0 saturated carbocycles. The summed E-state index contributed by atoms with van der Waals surface area (Å²) >= 11 is 3.53. The monoisotopic (exact) mass is 271 g/mol. The molecule has 0 aliphatic heterocycles. The molecule has 1 unspecified atom stereocenters. The van der Waals surface area contributed by atoms with Crippen LogP contribution in [0.5, 0.6) is 0 Å². The minimum Gasteiger partial charge on any atom is -0.367 e. The molecule has 0 saturated heterocycles. The number of halogens is 1. The number of hydrogen-bond donors (Lipinski definition) is 2. The van der Waals surface area contributed by atoms with Gasteiger partial charge in [-0.2, -0.15) is 0 Å². The number of anilines is 1. The molecule has 0 fully saturated rings. The first-order valence-corrected chi connectivity index (χ1v) is 6.02. The van der Waals surface area contributed by atoms with E-state index in [1.54, 1.807) is 0 Å². The maximum atomic E-state index is 5.47. The predicted octanol–water partition coefficient (Wildman–Crippen LogP) is 2.69. The van der Waals surface area contributed by atoms with Gasteiger partial charge >= 0.3 is 0 Å². The van der Waals surface area contributed by atoms with Crippen LogP contribution in [0.4, 0.5) is 5.82 Å². The fourth-order valence-corrected chi connectivity index (χ4v) is 1.72. The zero-order chi connectivity index (χ0) is 11.3. The van der Waals surface area contributed by atoms with Gasteiger partial charge in [-0.05, 0) is 60.8 Å². The van der Waals surface area contributed by atoms with Crippen LogP contribution in [-0.2, 0) is 0 Å². The number of rotatable bonds is 5. The molecule has 0 spiro atoms. The predicted molar refractivity (Wildman–Crippen MR) is 68.0 cm³/mol. The summed E-state index contributed by atoms with van der Waals surface area (Å²) in [6.45, 7) is 4.95. The summed E-state index contributed by atoms with van der Waals surface area (Å²) in [7, 11) is 0. The summed E-state index contributed by atoms with van der Waals surface area (Å²) in [6, 6.07) is 2.39. The molecular weight excluding hydrogens is 254 g/mol. The largest absolute Gasteiger partial charge is 0.367 e. The topological polar surface area (TPSA) is 50.9 Å². The quantitative estimate of drug-likeness (QED) is 0.866. The molecular formula is C11H18BrN3. The van der Waals surface area contributed by atoms with Gasteiger partial charge in [-0.15, -0.1) is 0 Å². The summed E-state index contributed by atoms with van der Waals surface area (Å²) in [6.07, 6.45) is 3.92. The van der Waals surface area contributed by atoms with Crippen molar-refractivity contribution in [3.05, 3.63) is 22.3 Å². The van der Waals surface area contributed by atoms with Gasteiger partial charge in [0.15, 0.2) is 0 Å². The van der Waals surface area contributed by atoms with E-state index in [9.17, 15) is 0 Å². The Bertz CT molecular complexity index is 315. The van der Waals surface area contributed by atoms with Gasteiger partial charge in [0.2, 0.25) is 0 Å². The Kier molecular flexibility index (Phi) is 5.05. The lowest BCUT2D eigenvalue weighted by molar-refractivity contribution is 0.660. The summed E-state index contributed by atoms with van der Waals surface area (Å²) < 4.78 is 1.05. The molecule has 4 heteroatoms. The molecule has 1 rings (SSSR count). The third kappa shape index (κ3) is 3.80. The normalized spacial score (nSPS) is 12.5. The lowest BCUT2D eigenvalue weighted by Gasteiger charge is -2.15. The first-order valence-electron chi connectivity index (χ1n) is 5.23. The van der Waals surface area contributed by atoms with Crippen LogP contribution < -0.4 is 11.1 Å². The van der Waals surface area contributed by atoms with Crippen molar-refractivity contribution in [2.75, 3.05) is 11.9 Å². The second-order valence-corrected chi connectivity index (χ2v) is 4.56. The fourth-order valence-electron chi connectivity index (χ4n) is 1.37. The number of pyridine rings is 1. The molecule has 0 amide bonds. The number of nitrogens with two attached hydrogens (primary N) is 1. The Morgan fingerprint density at radius 1 is 1.60 bits per heavy atom. The van der Waals surface area contributed by atoms with Crippen LogP contribution in [0.3, 0.4) is 0 Å². The van der Waals surface area contributed by atoms with Gasteiger partial charge in [-0.25, -0.2) is 4.98 Å². The van der Waals surface area contributed by atoms with Crippen molar-refractivity contribution in [3.63, 3.8) is 0 Å². The van der Waals surface area contributed by atoms with Gasteiger partial charge in [0.25, 0.3) is 0 Å². The minimum absolute atomic E-state index is 0.402. The van der Waals surface area contributed by atoms with Crippen molar-refractivity contribution in [1.29, 1.82) is 0 Å². The number of aromatic nitrogens is 1. The van der Waals surface area contributed by atoms with Gasteiger partial charge < -0.3 is 11.1 Å². The molecule has 0 radical (unpaired) electrons. The summed E-state index contributed by atoms with van der Waals surface area (Å²) in [5.41, 5.74) is 6.66. The van der Waals surface area contributed by atoms with E-state index in [2.05, 4.69) is 40.1 Å². The van der Waals surface area contributed by atoms with Crippen LogP contribution in [0.15, 0.2) is 16.7 Å². The molecule has 0 aliphatic carbocycles. The molecule has 0 aromatic carbocycles. The number of nitrogens with zero attached hydrogens (tertiary/aromatic N) is 1. The Balaban J connectivity index is 2.60. The van der Waals surface area contributed by atoms with Gasteiger partial charge in [0, 0.05) is 12.2 Å². The van der Waals surface area contributed by atoms with Crippen molar-refractivity contribution in [2.24, 2.45) is 5.73 Å². The third-order valence-electron chi connectivity index (χ3n) is 2.31. The standard InChI is InChI=1S/C11H18BrN3/c1-8-5-7-14-11(10(8)12)15-9(2)4-3-6-13/h5,7,9H,3-4,6,13H2,1-2H3,(H,14,15). The molecule has 3 N–H and O–H groups in total. The van der Waals surface area contributed by atoms with Crippen molar-refractivity contribution < 1.29 is 0 Å². The van der Waals surface area contributed by atoms with Gasteiger partial charge in [0.1, 0.15) is 5.82 Å². The highest BCUT2D eigenvalue weighted by atomic mass is 79.9. The Morgan fingerprint density at radius 2 is 2.33 bits per heavy atom. The molecule has 0 aliphatic rings. The second-order valence-electron chi connectivity index (χ2n) is 3.77. The van der Waals surface area contributed by atoms with Gasteiger partial charge in [-0.1, -0.05) is 0 Å². The number of nitrogens with one attached hydrogen (secondary N) is 1. The van der Waals surface area contributed by atoms with Crippen LogP contribution >= 0.6 is 15.9 Å². The molecule has 1 atom stereocenters. The van der Waals surface area contributed by atoms with Gasteiger partial charge in [0.05, 0.1) is 4.47 Å².